The third-order valence-electron chi connectivity index (χ3n) is 8.15. The van der Waals surface area contributed by atoms with Gasteiger partial charge in [0.2, 0.25) is 5.91 Å². The SMILES string of the molecule is C#CCn1cc(-c2cnc3c(Nc4cc(C)c(C(=O)N5CCN(C(=O)C6CC(N)C6)CC5)c(F)c4)nccn23)c(C(F)(F)F)n1. The number of halogens is 4. The highest BCUT2D eigenvalue weighted by molar-refractivity contribution is 5.97. The Morgan fingerprint density at radius 3 is 2.49 bits per heavy atom. The number of terminal acetylenes is 1. The Morgan fingerprint density at radius 2 is 1.84 bits per heavy atom. The predicted octanol–water partition coefficient (Wildman–Crippen LogP) is 3.46. The quantitative estimate of drug-likeness (QED) is 0.249. The van der Waals surface area contributed by atoms with E-state index in [0.29, 0.717) is 31.5 Å². The summed E-state index contributed by atoms with van der Waals surface area (Å²) in [5.41, 5.74) is 5.31. The van der Waals surface area contributed by atoms with Crippen LogP contribution in [0.2, 0.25) is 0 Å². The first-order chi connectivity index (χ1) is 21.4. The minimum atomic E-state index is -4.74. The van der Waals surface area contributed by atoms with Crippen LogP contribution in [0.15, 0.2) is 36.9 Å². The first-order valence-electron chi connectivity index (χ1n) is 14.3. The number of alkyl halides is 3. The number of hydrogen-bond acceptors (Lipinski definition) is 7. The summed E-state index contributed by atoms with van der Waals surface area (Å²) in [6.45, 7) is 2.77. The van der Waals surface area contributed by atoms with Crippen LogP contribution in [0.3, 0.4) is 0 Å². The molecule has 1 saturated carbocycles. The number of benzene rings is 1. The number of carbonyl (C=O) groups is 2. The maximum Gasteiger partial charge on any atom is 0.435 e. The lowest BCUT2D eigenvalue weighted by Gasteiger charge is -2.40. The number of nitrogens with zero attached hydrogens (tertiary/aromatic N) is 7. The third-order valence-corrected chi connectivity index (χ3v) is 8.15. The molecule has 3 aromatic heterocycles. The maximum absolute atomic E-state index is 15.4. The van der Waals surface area contributed by atoms with Crippen molar-refractivity contribution in [3.63, 3.8) is 0 Å². The number of carbonyl (C=O) groups excluding carboxylic acids is 2. The fraction of sp³-hybridized carbons (Fsp3) is 0.367. The molecule has 2 aliphatic rings. The summed E-state index contributed by atoms with van der Waals surface area (Å²) in [4.78, 5) is 37.7. The van der Waals surface area contributed by atoms with Gasteiger partial charge in [-0.25, -0.2) is 14.4 Å². The van der Waals surface area contributed by atoms with Crippen LogP contribution in [0.4, 0.5) is 29.1 Å². The van der Waals surface area contributed by atoms with Gasteiger partial charge >= 0.3 is 6.18 Å². The predicted molar refractivity (Wildman–Crippen MR) is 156 cm³/mol. The highest BCUT2D eigenvalue weighted by atomic mass is 19.4. The second-order valence-electron chi connectivity index (χ2n) is 11.2. The lowest BCUT2D eigenvalue weighted by atomic mass is 9.80. The van der Waals surface area contributed by atoms with E-state index >= 15 is 4.39 Å². The van der Waals surface area contributed by atoms with Gasteiger partial charge in [-0.1, -0.05) is 5.92 Å². The van der Waals surface area contributed by atoms with Gasteiger partial charge in [-0.2, -0.15) is 18.3 Å². The molecule has 0 atom stereocenters. The fourth-order valence-corrected chi connectivity index (χ4v) is 5.83. The van der Waals surface area contributed by atoms with Crippen LogP contribution in [-0.2, 0) is 17.5 Å². The molecule has 2 amide bonds. The van der Waals surface area contributed by atoms with Gasteiger partial charge in [0.15, 0.2) is 17.2 Å². The molecular weight excluding hydrogens is 594 g/mol. The van der Waals surface area contributed by atoms with Crippen LogP contribution in [0, 0.1) is 31.0 Å². The molecule has 11 nitrogen and oxygen atoms in total. The Bertz CT molecular complexity index is 1800. The van der Waals surface area contributed by atoms with E-state index in [0.717, 1.165) is 10.7 Å². The summed E-state index contributed by atoms with van der Waals surface area (Å²) in [7, 11) is 0. The summed E-state index contributed by atoms with van der Waals surface area (Å²) >= 11 is 0. The standard InChI is InChI=1S/C30H29F4N9O2/c1-3-5-42-16-21(25(39-42)30(32,33)34)23-15-37-27-26(36-4-6-43(23)27)38-20-11-17(2)24(22(31)14-20)29(45)41-9-7-40(8-10-41)28(44)18-12-19(35)13-18/h1,4,6,11,14-16,18-19H,5,7-10,12-13,35H2,2H3,(H,36,38). The summed E-state index contributed by atoms with van der Waals surface area (Å²) in [5, 5.41) is 6.58. The number of hydrogen-bond donors (Lipinski definition) is 2. The van der Waals surface area contributed by atoms with Crippen molar-refractivity contribution in [3.05, 3.63) is 59.6 Å². The molecule has 234 valence electrons. The van der Waals surface area contributed by atoms with Gasteiger partial charge in [0.1, 0.15) is 12.4 Å². The number of imidazole rings is 1. The maximum atomic E-state index is 15.4. The minimum Gasteiger partial charge on any atom is -0.339 e. The van der Waals surface area contributed by atoms with Gasteiger partial charge in [-0.15, -0.1) is 6.42 Å². The van der Waals surface area contributed by atoms with Crippen molar-refractivity contribution >= 4 is 29.0 Å². The minimum absolute atomic E-state index is 0.0505. The molecule has 1 aromatic carbocycles. The average Bonchev–Trinajstić information content (AvgIpc) is 3.60. The van der Waals surface area contributed by atoms with Crippen LogP contribution < -0.4 is 11.1 Å². The summed E-state index contributed by atoms with van der Waals surface area (Å²) in [6, 6.07) is 2.80. The number of amides is 2. The number of piperazine rings is 1. The molecule has 15 heteroatoms. The fourth-order valence-electron chi connectivity index (χ4n) is 5.83. The summed E-state index contributed by atoms with van der Waals surface area (Å²) in [6.07, 6.45) is 7.15. The normalized spacial score (nSPS) is 18.5. The Kier molecular flexibility index (Phi) is 7.69. The van der Waals surface area contributed by atoms with Crippen molar-refractivity contribution in [2.45, 2.75) is 38.5 Å². The van der Waals surface area contributed by atoms with Crippen LogP contribution in [0.25, 0.3) is 16.9 Å². The zero-order valence-electron chi connectivity index (χ0n) is 24.2. The zero-order valence-corrected chi connectivity index (χ0v) is 24.2. The largest absolute Gasteiger partial charge is 0.435 e. The van der Waals surface area contributed by atoms with Gasteiger partial charge in [-0.3, -0.25) is 18.7 Å². The molecule has 1 saturated heterocycles. The summed E-state index contributed by atoms with van der Waals surface area (Å²) in [5.74, 6) is 1.18. The number of aromatic nitrogens is 5. The van der Waals surface area contributed by atoms with Crippen molar-refractivity contribution in [3.8, 4) is 23.6 Å². The smallest absolute Gasteiger partial charge is 0.339 e. The first kappa shape index (κ1) is 30.1. The Labute approximate surface area is 255 Å². The third kappa shape index (κ3) is 5.68. The van der Waals surface area contributed by atoms with Gasteiger partial charge in [-0.05, 0) is 37.5 Å². The molecule has 2 fully saturated rings. The van der Waals surface area contributed by atoms with Crippen molar-refractivity contribution < 1.29 is 27.2 Å². The van der Waals surface area contributed by atoms with E-state index in [1.54, 1.807) is 17.9 Å². The molecular formula is C30H29F4N9O2. The first-order valence-corrected chi connectivity index (χ1v) is 14.3. The van der Waals surface area contributed by atoms with Gasteiger partial charge in [0, 0.05) is 62.4 Å². The van der Waals surface area contributed by atoms with E-state index in [2.05, 4.69) is 26.3 Å². The highest BCUT2D eigenvalue weighted by Crippen LogP contribution is 2.37. The Hall–Kier alpha value is -4.97. The van der Waals surface area contributed by atoms with Crippen molar-refractivity contribution in [1.29, 1.82) is 0 Å². The number of nitrogens with two attached hydrogens (primary N) is 1. The lowest BCUT2D eigenvalue weighted by Crippen LogP contribution is -2.54. The highest BCUT2D eigenvalue weighted by Gasteiger charge is 2.39. The number of aryl methyl sites for hydroxylation is 1. The van der Waals surface area contributed by atoms with Crippen LogP contribution >= 0.6 is 0 Å². The molecule has 0 spiro atoms. The van der Waals surface area contributed by atoms with E-state index < -0.39 is 23.6 Å². The Balaban J connectivity index is 1.20. The van der Waals surface area contributed by atoms with Gasteiger partial charge in [0.25, 0.3) is 5.91 Å². The second-order valence-corrected chi connectivity index (χ2v) is 11.2. The molecule has 4 aromatic rings. The number of rotatable bonds is 6. The van der Waals surface area contributed by atoms with Crippen LogP contribution in [0.1, 0.15) is 34.5 Å². The van der Waals surface area contributed by atoms with E-state index in [1.165, 1.54) is 34.1 Å². The monoisotopic (exact) mass is 623 g/mol. The number of nitrogens with one attached hydrogen (secondary N) is 1. The molecule has 0 unspecified atom stereocenters. The molecule has 1 aliphatic heterocycles. The van der Waals surface area contributed by atoms with Gasteiger partial charge < -0.3 is 20.9 Å². The number of fused-ring (bicyclic) bond motifs is 1. The lowest BCUT2D eigenvalue weighted by molar-refractivity contribution is -0.141. The molecule has 6 rings (SSSR count). The zero-order chi connectivity index (χ0) is 32.0. The van der Waals surface area contributed by atoms with Crippen molar-refractivity contribution in [2.75, 3.05) is 31.5 Å². The molecule has 0 bridgehead atoms. The van der Waals surface area contributed by atoms with Gasteiger partial charge in [0.05, 0.1) is 23.0 Å². The van der Waals surface area contributed by atoms with E-state index in [-0.39, 0.29) is 71.5 Å². The van der Waals surface area contributed by atoms with Crippen LogP contribution in [0.5, 0.6) is 0 Å². The summed E-state index contributed by atoms with van der Waals surface area (Å²) < 4.78 is 59.2. The van der Waals surface area contributed by atoms with Crippen molar-refractivity contribution in [2.24, 2.45) is 11.7 Å². The van der Waals surface area contributed by atoms with Crippen LogP contribution in [-0.4, -0.2) is 78.0 Å². The van der Waals surface area contributed by atoms with E-state index in [1.807, 2.05) is 0 Å². The topological polar surface area (TPSA) is 127 Å². The second kappa shape index (κ2) is 11.5. The molecule has 3 N–H and O–H groups in total. The van der Waals surface area contributed by atoms with E-state index in [9.17, 15) is 22.8 Å². The molecule has 45 heavy (non-hydrogen) atoms. The molecule has 1 aliphatic carbocycles. The molecule has 0 radical (unpaired) electrons. The molecule has 4 heterocycles. The number of anilines is 2. The average molecular weight is 624 g/mol. The Morgan fingerprint density at radius 1 is 1.13 bits per heavy atom. The van der Waals surface area contributed by atoms with Crippen molar-refractivity contribution in [1.82, 2.24) is 33.9 Å². The van der Waals surface area contributed by atoms with E-state index in [4.69, 9.17) is 12.2 Å².